The molecule has 3 N–H and O–H groups in total. The molecule has 20 heavy (non-hydrogen) atoms. The van der Waals surface area contributed by atoms with Crippen molar-refractivity contribution >= 4 is 0 Å². The Morgan fingerprint density at radius 2 is 1.80 bits per heavy atom. The number of rotatable bonds is 5. The third kappa shape index (κ3) is 3.60. The fourth-order valence-electron chi connectivity index (χ4n) is 3.48. The Kier molecular flexibility index (Phi) is 4.84. The second-order valence-corrected chi connectivity index (χ2v) is 6.56. The van der Waals surface area contributed by atoms with Crippen molar-refractivity contribution in [2.24, 2.45) is 5.73 Å². The number of hydrogen-bond acceptors (Lipinski definition) is 3. The molecule has 1 aromatic rings. The zero-order chi connectivity index (χ0) is 14.8. The van der Waals surface area contributed by atoms with E-state index in [1.54, 1.807) is 0 Å². The van der Waals surface area contributed by atoms with Crippen molar-refractivity contribution in [3.63, 3.8) is 0 Å². The largest absolute Gasteiger partial charge is 0.389 e. The summed E-state index contributed by atoms with van der Waals surface area (Å²) in [5.74, 6) is 0. The van der Waals surface area contributed by atoms with Gasteiger partial charge in [0.2, 0.25) is 0 Å². The molecule has 1 aromatic carbocycles. The molecule has 0 saturated heterocycles. The van der Waals surface area contributed by atoms with Gasteiger partial charge in [-0.1, -0.05) is 42.7 Å². The molecule has 1 fully saturated rings. The lowest BCUT2D eigenvalue weighted by atomic mass is 9.95. The zero-order valence-electron chi connectivity index (χ0n) is 13.0. The highest BCUT2D eigenvalue weighted by molar-refractivity contribution is 5.25. The van der Waals surface area contributed by atoms with Crippen molar-refractivity contribution in [1.82, 2.24) is 4.90 Å². The van der Waals surface area contributed by atoms with E-state index in [-0.39, 0.29) is 12.1 Å². The maximum absolute atomic E-state index is 10.6. The molecule has 1 aliphatic rings. The van der Waals surface area contributed by atoms with Gasteiger partial charge in [-0.15, -0.1) is 0 Å². The van der Waals surface area contributed by atoms with Gasteiger partial charge in [0.15, 0.2) is 0 Å². The van der Waals surface area contributed by atoms with Crippen LogP contribution in [0.2, 0.25) is 0 Å². The average Bonchev–Trinajstić information content (AvgIpc) is 2.78. The second kappa shape index (κ2) is 6.25. The summed E-state index contributed by atoms with van der Waals surface area (Å²) in [6.45, 7) is 4.84. The first kappa shape index (κ1) is 15.5. The van der Waals surface area contributed by atoms with Crippen LogP contribution in [0, 0.1) is 6.92 Å². The van der Waals surface area contributed by atoms with Gasteiger partial charge < -0.3 is 10.8 Å². The number of aliphatic hydroxyl groups is 1. The van der Waals surface area contributed by atoms with Gasteiger partial charge in [0.1, 0.15) is 0 Å². The molecule has 0 aliphatic heterocycles. The average molecular weight is 276 g/mol. The molecule has 1 saturated carbocycles. The molecular formula is C17H28N2O. The third-order valence-corrected chi connectivity index (χ3v) is 4.47. The molecule has 0 heterocycles. The van der Waals surface area contributed by atoms with Gasteiger partial charge in [-0.2, -0.15) is 0 Å². The third-order valence-electron chi connectivity index (χ3n) is 4.47. The summed E-state index contributed by atoms with van der Waals surface area (Å²) in [6, 6.07) is 8.75. The van der Waals surface area contributed by atoms with E-state index in [2.05, 4.69) is 43.1 Å². The van der Waals surface area contributed by atoms with Crippen LogP contribution in [0.5, 0.6) is 0 Å². The van der Waals surface area contributed by atoms with Crippen molar-refractivity contribution in [3.8, 4) is 0 Å². The highest BCUT2D eigenvalue weighted by Gasteiger charge is 2.34. The molecular weight excluding hydrogens is 248 g/mol. The number of likely N-dealkylation sites (N-methyl/N-ethyl adjacent to an activating group) is 1. The molecule has 0 spiro atoms. The van der Waals surface area contributed by atoms with Crippen LogP contribution in [0.15, 0.2) is 24.3 Å². The van der Waals surface area contributed by atoms with Crippen LogP contribution in [-0.4, -0.2) is 35.2 Å². The maximum Gasteiger partial charge on any atom is 0.0774 e. The number of nitrogens with two attached hydrogens (primary N) is 1. The fourth-order valence-corrected chi connectivity index (χ4v) is 3.48. The monoisotopic (exact) mass is 276 g/mol. The van der Waals surface area contributed by atoms with Crippen LogP contribution in [-0.2, 0) is 0 Å². The van der Waals surface area contributed by atoms with E-state index in [1.807, 2.05) is 6.92 Å². The van der Waals surface area contributed by atoms with Crippen LogP contribution in [0.1, 0.15) is 49.8 Å². The lowest BCUT2D eigenvalue weighted by Crippen LogP contribution is -2.45. The highest BCUT2D eigenvalue weighted by atomic mass is 16.3. The minimum atomic E-state index is -0.521. The Morgan fingerprint density at radius 3 is 2.30 bits per heavy atom. The molecule has 0 aromatic heterocycles. The molecule has 3 nitrogen and oxygen atoms in total. The molecule has 0 amide bonds. The summed E-state index contributed by atoms with van der Waals surface area (Å²) in [5.41, 5.74) is 8.17. The van der Waals surface area contributed by atoms with E-state index in [0.717, 1.165) is 25.7 Å². The smallest absolute Gasteiger partial charge is 0.0774 e. The molecule has 2 unspecified atom stereocenters. The van der Waals surface area contributed by atoms with Crippen LogP contribution in [0.25, 0.3) is 0 Å². The molecule has 112 valence electrons. The highest BCUT2D eigenvalue weighted by Crippen LogP contribution is 2.32. The SMILES string of the molecule is Cc1ccc(C(C(C)N)N(C)CC2(O)CCCC2)cc1. The topological polar surface area (TPSA) is 49.5 Å². The van der Waals surface area contributed by atoms with E-state index in [0.29, 0.717) is 6.54 Å². The van der Waals surface area contributed by atoms with Gasteiger partial charge in [-0.05, 0) is 39.3 Å². The van der Waals surface area contributed by atoms with Crippen LogP contribution in [0.4, 0.5) is 0 Å². The van der Waals surface area contributed by atoms with Crippen molar-refractivity contribution in [1.29, 1.82) is 0 Å². The Labute approximate surface area is 122 Å². The summed E-state index contributed by atoms with van der Waals surface area (Å²) in [6.07, 6.45) is 4.10. The van der Waals surface area contributed by atoms with Gasteiger partial charge in [0, 0.05) is 18.6 Å². The molecule has 0 radical (unpaired) electrons. The van der Waals surface area contributed by atoms with Crippen molar-refractivity contribution in [3.05, 3.63) is 35.4 Å². The molecule has 0 bridgehead atoms. The van der Waals surface area contributed by atoms with Gasteiger partial charge >= 0.3 is 0 Å². The van der Waals surface area contributed by atoms with Crippen LogP contribution >= 0.6 is 0 Å². The number of benzene rings is 1. The Balaban J connectivity index is 2.13. The first-order valence-electron chi connectivity index (χ1n) is 7.66. The molecule has 3 heteroatoms. The quantitative estimate of drug-likeness (QED) is 0.869. The lowest BCUT2D eigenvalue weighted by Gasteiger charge is -2.36. The standard InChI is InChI=1S/C17H28N2O/c1-13-6-8-15(9-7-13)16(14(2)18)19(3)12-17(20)10-4-5-11-17/h6-9,14,16,20H,4-5,10-12,18H2,1-3H3. The molecule has 2 rings (SSSR count). The molecule has 2 atom stereocenters. The first-order chi connectivity index (χ1) is 9.41. The normalized spacial score (nSPS) is 21.1. The van der Waals surface area contributed by atoms with E-state index in [1.165, 1.54) is 11.1 Å². The number of nitrogens with zero attached hydrogens (tertiary/aromatic N) is 1. The summed E-state index contributed by atoms with van der Waals surface area (Å²) in [5, 5.41) is 10.6. The Hall–Kier alpha value is -0.900. The summed E-state index contributed by atoms with van der Waals surface area (Å²) in [4.78, 5) is 2.22. The summed E-state index contributed by atoms with van der Waals surface area (Å²) < 4.78 is 0. The van der Waals surface area contributed by atoms with E-state index < -0.39 is 5.60 Å². The van der Waals surface area contributed by atoms with Crippen LogP contribution < -0.4 is 5.73 Å². The lowest BCUT2D eigenvalue weighted by molar-refractivity contribution is 0.00253. The first-order valence-corrected chi connectivity index (χ1v) is 7.66. The van der Waals surface area contributed by atoms with Crippen LogP contribution in [0.3, 0.4) is 0 Å². The predicted octanol–water partition coefficient (Wildman–Crippen LogP) is 2.62. The van der Waals surface area contributed by atoms with E-state index in [4.69, 9.17) is 5.73 Å². The second-order valence-electron chi connectivity index (χ2n) is 6.56. The van der Waals surface area contributed by atoms with E-state index >= 15 is 0 Å². The number of hydrogen-bond donors (Lipinski definition) is 2. The minimum Gasteiger partial charge on any atom is -0.389 e. The van der Waals surface area contributed by atoms with Crippen molar-refractivity contribution in [2.45, 2.75) is 57.2 Å². The predicted molar refractivity (Wildman–Crippen MR) is 83.6 cm³/mol. The number of aryl methyl sites for hydroxylation is 1. The van der Waals surface area contributed by atoms with Crippen molar-refractivity contribution in [2.75, 3.05) is 13.6 Å². The maximum atomic E-state index is 10.6. The Morgan fingerprint density at radius 1 is 1.25 bits per heavy atom. The Bertz CT molecular complexity index is 421. The minimum absolute atomic E-state index is 0.0349. The van der Waals surface area contributed by atoms with Gasteiger partial charge in [-0.25, -0.2) is 0 Å². The van der Waals surface area contributed by atoms with Crippen molar-refractivity contribution < 1.29 is 5.11 Å². The van der Waals surface area contributed by atoms with Gasteiger partial charge in [0.05, 0.1) is 5.60 Å². The summed E-state index contributed by atoms with van der Waals surface area (Å²) in [7, 11) is 2.07. The molecule has 1 aliphatic carbocycles. The zero-order valence-corrected chi connectivity index (χ0v) is 13.0. The van der Waals surface area contributed by atoms with Gasteiger partial charge in [0.25, 0.3) is 0 Å². The summed E-state index contributed by atoms with van der Waals surface area (Å²) >= 11 is 0. The fraction of sp³-hybridized carbons (Fsp3) is 0.647. The van der Waals surface area contributed by atoms with Gasteiger partial charge in [-0.3, -0.25) is 4.90 Å². The van der Waals surface area contributed by atoms with E-state index in [9.17, 15) is 5.11 Å².